The Hall–Kier alpha value is -1.30. The molecule has 20 heavy (non-hydrogen) atoms. The van der Waals surface area contributed by atoms with Crippen molar-refractivity contribution in [3.8, 4) is 0 Å². The maximum atomic E-state index is 12.0. The van der Waals surface area contributed by atoms with Crippen molar-refractivity contribution in [1.82, 2.24) is 10.6 Å². The van der Waals surface area contributed by atoms with E-state index in [2.05, 4.69) is 17.6 Å². The fraction of sp³-hybridized carbons (Fsp3) is 0.857. The zero-order valence-electron chi connectivity index (χ0n) is 12.2. The Morgan fingerprint density at radius 3 is 2.45 bits per heavy atom. The molecule has 1 saturated carbocycles. The molecule has 3 N–H and O–H groups in total. The number of hydrogen-bond acceptors (Lipinski definition) is 3. The third-order valence-corrected chi connectivity index (χ3v) is 4.59. The van der Waals surface area contributed by atoms with E-state index in [1.165, 1.54) is 0 Å². The minimum Gasteiger partial charge on any atom is -0.480 e. The second kappa shape index (κ2) is 5.60. The van der Waals surface area contributed by atoms with E-state index in [-0.39, 0.29) is 11.3 Å². The summed E-state index contributed by atoms with van der Waals surface area (Å²) in [7, 11) is 0. The van der Waals surface area contributed by atoms with Gasteiger partial charge in [-0.05, 0) is 43.9 Å². The van der Waals surface area contributed by atoms with Crippen LogP contribution in [0, 0.1) is 11.3 Å². The lowest BCUT2D eigenvalue weighted by molar-refractivity contribution is -0.144. The first kappa shape index (κ1) is 15.1. The fourth-order valence-corrected chi connectivity index (χ4v) is 2.61. The number of carboxylic acids is 1. The summed E-state index contributed by atoms with van der Waals surface area (Å²) in [5, 5.41) is 14.7. The Bertz CT molecular complexity index is 389. The Morgan fingerprint density at radius 2 is 1.95 bits per heavy atom. The number of carbonyl (C=O) groups excluding carboxylic acids is 1. The van der Waals surface area contributed by atoms with Gasteiger partial charge in [-0.1, -0.05) is 6.92 Å². The molecule has 0 spiro atoms. The fourth-order valence-electron chi connectivity index (χ4n) is 2.61. The number of ether oxygens (including phenoxy) is 1. The molecule has 2 aliphatic rings. The second-order valence-corrected chi connectivity index (χ2v) is 6.51. The number of nitrogens with one attached hydrogen (secondary N) is 2. The molecule has 1 aliphatic heterocycles. The van der Waals surface area contributed by atoms with Crippen LogP contribution >= 0.6 is 0 Å². The van der Waals surface area contributed by atoms with Crippen molar-refractivity contribution < 1.29 is 19.4 Å². The highest BCUT2D eigenvalue weighted by Crippen LogP contribution is 2.39. The van der Waals surface area contributed by atoms with Gasteiger partial charge < -0.3 is 20.5 Å². The summed E-state index contributed by atoms with van der Waals surface area (Å²) >= 11 is 0. The predicted molar refractivity (Wildman–Crippen MR) is 73.5 cm³/mol. The van der Waals surface area contributed by atoms with Crippen LogP contribution in [0.2, 0.25) is 0 Å². The number of carbonyl (C=O) groups is 2. The lowest BCUT2D eigenvalue weighted by atomic mass is 9.82. The Balaban J connectivity index is 1.84. The summed E-state index contributed by atoms with van der Waals surface area (Å²) in [6, 6.07) is -0.394. The predicted octanol–water partition coefficient (Wildman–Crippen LogP) is 1.36. The lowest BCUT2D eigenvalue weighted by Crippen LogP contribution is -2.57. The quantitative estimate of drug-likeness (QED) is 0.711. The van der Waals surface area contributed by atoms with Crippen LogP contribution in [0.4, 0.5) is 4.79 Å². The van der Waals surface area contributed by atoms with Gasteiger partial charge in [0, 0.05) is 19.8 Å². The van der Waals surface area contributed by atoms with Crippen molar-refractivity contribution in [2.45, 2.75) is 45.1 Å². The monoisotopic (exact) mass is 284 g/mol. The van der Waals surface area contributed by atoms with Crippen molar-refractivity contribution in [1.29, 1.82) is 0 Å². The average Bonchev–Trinajstić information content (AvgIpc) is 3.22. The molecule has 1 atom stereocenters. The minimum absolute atomic E-state index is 0.0365. The second-order valence-electron chi connectivity index (χ2n) is 6.51. The van der Waals surface area contributed by atoms with Gasteiger partial charge in [0.15, 0.2) is 0 Å². The van der Waals surface area contributed by atoms with Gasteiger partial charge in [-0.3, -0.25) is 0 Å². The summed E-state index contributed by atoms with van der Waals surface area (Å²) in [6.45, 7) is 5.68. The Morgan fingerprint density at radius 1 is 1.35 bits per heavy atom. The normalized spacial score (nSPS) is 24.5. The summed E-state index contributed by atoms with van der Waals surface area (Å²) < 4.78 is 5.32. The van der Waals surface area contributed by atoms with Crippen molar-refractivity contribution >= 4 is 12.0 Å². The van der Waals surface area contributed by atoms with E-state index in [1.54, 1.807) is 6.92 Å². The van der Waals surface area contributed by atoms with Gasteiger partial charge in [-0.15, -0.1) is 0 Å². The van der Waals surface area contributed by atoms with Crippen LogP contribution in [0.3, 0.4) is 0 Å². The molecule has 2 fully saturated rings. The van der Waals surface area contributed by atoms with E-state index in [0.29, 0.717) is 19.8 Å². The number of hydrogen-bond donors (Lipinski definition) is 3. The van der Waals surface area contributed by atoms with Crippen LogP contribution in [-0.2, 0) is 9.53 Å². The van der Waals surface area contributed by atoms with E-state index in [1.807, 2.05) is 0 Å². The van der Waals surface area contributed by atoms with Crippen molar-refractivity contribution in [3.05, 3.63) is 0 Å². The highest BCUT2D eigenvalue weighted by molar-refractivity contribution is 5.86. The number of aliphatic carboxylic acids is 1. The van der Waals surface area contributed by atoms with Gasteiger partial charge in [0.2, 0.25) is 0 Å². The van der Waals surface area contributed by atoms with Crippen molar-refractivity contribution in [3.63, 3.8) is 0 Å². The lowest BCUT2D eigenvalue weighted by Gasteiger charge is -2.34. The topological polar surface area (TPSA) is 87.7 Å². The Kier molecular flexibility index (Phi) is 4.22. The molecule has 6 heteroatoms. The van der Waals surface area contributed by atoms with Gasteiger partial charge in [0.25, 0.3) is 0 Å². The van der Waals surface area contributed by atoms with Gasteiger partial charge in [-0.2, -0.15) is 0 Å². The highest BCUT2D eigenvalue weighted by atomic mass is 16.5. The van der Waals surface area contributed by atoms with E-state index in [4.69, 9.17) is 4.74 Å². The molecule has 1 aliphatic carbocycles. The SMILES string of the molecule is CC1(CNC(=O)NC(C)(C(=O)O)C2CC2)CCOCC1. The first-order valence-electron chi connectivity index (χ1n) is 7.23. The van der Waals surface area contributed by atoms with Crippen LogP contribution in [-0.4, -0.2) is 42.4 Å². The molecule has 0 radical (unpaired) electrons. The average molecular weight is 284 g/mol. The molecule has 2 amide bonds. The van der Waals surface area contributed by atoms with E-state index < -0.39 is 17.5 Å². The third-order valence-electron chi connectivity index (χ3n) is 4.59. The smallest absolute Gasteiger partial charge is 0.329 e. The maximum Gasteiger partial charge on any atom is 0.329 e. The molecule has 114 valence electrons. The molecule has 0 aromatic heterocycles. The van der Waals surface area contributed by atoms with E-state index >= 15 is 0 Å². The third kappa shape index (κ3) is 3.42. The first-order valence-corrected chi connectivity index (χ1v) is 7.23. The summed E-state index contributed by atoms with van der Waals surface area (Å²) in [6.07, 6.45) is 3.54. The standard InChI is InChI=1S/C14H24N2O4/c1-13(5-7-20-8-6-13)9-15-12(19)16-14(2,11(17)18)10-3-4-10/h10H,3-9H2,1-2H3,(H,17,18)(H2,15,16,19). The van der Waals surface area contributed by atoms with Gasteiger partial charge in [-0.25, -0.2) is 9.59 Å². The molecular weight excluding hydrogens is 260 g/mol. The minimum atomic E-state index is -1.15. The van der Waals surface area contributed by atoms with Crippen LogP contribution in [0.1, 0.15) is 39.5 Å². The van der Waals surface area contributed by atoms with Gasteiger partial charge in [0.1, 0.15) is 5.54 Å². The molecule has 1 heterocycles. The van der Waals surface area contributed by atoms with E-state index in [9.17, 15) is 14.7 Å². The van der Waals surface area contributed by atoms with Crippen molar-refractivity contribution in [2.24, 2.45) is 11.3 Å². The number of carboxylic acid groups (broad SMARTS) is 1. The molecule has 0 bridgehead atoms. The number of rotatable bonds is 5. The Labute approximate surface area is 119 Å². The zero-order chi connectivity index (χ0) is 14.8. The summed E-state index contributed by atoms with van der Waals surface area (Å²) in [5.74, 6) is -0.920. The molecule has 1 unspecified atom stereocenters. The molecule has 6 nitrogen and oxygen atoms in total. The van der Waals surface area contributed by atoms with Crippen LogP contribution < -0.4 is 10.6 Å². The van der Waals surface area contributed by atoms with Crippen LogP contribution in [0.15, 0.2) is 0 Å². The molecule has 0 aromatic carbocycles. The highest BCUT2D eigenvalue weighted by Gasteiger charge is 2.48. The number of amides is 2. The molecule has 2 rings (SSSR count). The van der Waals surface area contributed by atoms with Crippen LogP contribution in [0.5, 0.6) is 0 Å². The first-order chi connectivity index (χ1) is 9.36. The number of urea groups is 1. The molecule has 0 aromatic rings. The summed E-state index contributed by atoms with van der Waals surface area (Å²) in [4.78, 5) is 23.3. The van der Waals surface area contributed by atoms with Gasteiger partial charge >= 0.3 is 12.0 Å². The van der Waals surface area contributed by atoms with Crippen molar-refractivity contribution in [2.75, 3.05) is 19.8 Å². The zero-order valence-corrected chi connectivity index (χ0v) is 12.2. The van der Waals surface area contributed by atoms with Crippen LogP contribution in [0.25, 0.3) is 0 Å². The summed E-state index contributed by atoms with van der Waals surface area (Å²) in [5.41, 5.74) is -1.12. The molecular formula is C14H24N2O4. The largest absolute Gasteiger partial charge is 0.480 e. The molecule has 1 saturated heterocycles. The van der Waals surface area contributed by atoms with E-state index in [0.717, 1.165) is 25.7 Å². The van der Waals surface area contributed by atoms with Gasteiger partial charge in [0.05, 0.1) is 0 Å². The maximum absolute atomic E-state index is 12.0.